The van der Waals surface area contributed by atoms with Crippen molar-refractivity contribution in [3.8, 4) is 11.5 Å². The van der Waals surface area contributed by atoms with Gasteiger partial charge in [0.05, 0.1) is 34.8 Å². The number of sulfonamides is 1. The zero-order valence-corrected chi connectivity index (χ0v) is 28.3. The van der Waals surface area contributed by atoms with E-state index in [1.165, 1.54) is 37.3 Å². The van der Waals surface area contributed by atoms with Crippen molar-refractivity contribution in [2.75, 3.05) is 25.1 Å². The lowest BCUT2D eigenvalue weighted by molar-refractivity contribution is -0.141. The second kappa shape index (κ2) is 14.5. The molecule has 44 heavy (non-hydrogen) atoms. The Kier molecular flexibility index (Phi) is 11.6. The Morgan fingerprint density at radius 1 is 0.932 bits per heavy atom. The largest absolute Gasteiger partial charge is 0.497 e. The molecule has 0 aliphatic carbocycles. The highest BCUT2D eigenvalue weighted by molar-refractivity contribution is 7.92. The van der Waals surface area contributed by atoms with Gasteiger partial charge in [-0.15, -0.1) is 0 Å². The summed E-state index contributed by atoms with van der Waals surface area (Å²) in [6.07, 6.45) is 0.266. The number of halogens is 2. The first-order valence-corrected chi connectivity index (χ1v) is 16.2. The van der Waals surface area contributed by atoms with Gasteiger partial charge in [0, 0.05) is 18.2 Å². The second-order valence-corrected chi connectivity index (χ2v) is 14.0. The monoisotopic (exact) mass is 663 g/mol. The quantitative estimate of drug-likeness (QED) is 0.246. The number of benzene rings is 3. The van der Waals surface area contributed by atoms with Crippen LogP contribution >= 0.6 is 23.2 Å². The summed E-state index contributed by atoms with van der Waals surface area (Å²) in [5.41, 5.74) is 1.01. The van der Waals surface area contributed by atoms with Crippen LogP contribution in [0.15, 0.2) is 65.6 Å². The molecule has 1 atom stereocenters. The second-order valence-electron chi connectivity index (χ2n) is 11.3. The Labute approximate surface area is 270 Å². The van der Waals surface area contributed by atoms with Gasteiger partial charge >= 0.3 is 0 Å². The van der Waals surface area contributed by atoms with Crippen molar-refractivity contribution < 1.29 is 27.5 Å². The van der Waals surface area contributed by atoms with Crippen molar-refractivity contribution in [1.29, 1.82) is 0 Å². The van der Waals surface area contributed by atoms with Crippen LogP contribution in [0.4, 0.5) is 5.69 Å². The van der Waals surface area contributed by atoms with Crippen LogP contribution in [0.25, 0.3) is 0 Å². The van der Waals surface area contributed by atoms with Crippen LogP contribution in [0, 0.1) is 6.92 Å². The molecule has 0 saturated heterocycles. The van der Waals surface area contributed by atoms with Crippen LogP contribution in [0.3, 0.4) is 0 Å². The highest BCUT2D eigenvalue weighted by atomic mass is 35.5. The van der Waals surface area contributed by atoms with Gasteiger partial charge in [-0.2, -0.15) is 0 Å². The highest BCUT2D eigenvalue weighted by Gasteiger charge is 2.35. The summed E-state index contributed by atoms with van der Waals surface area (Å²) in [4.78, 5) is 29.2. The molecule has 9 nitrogen and oxygen atoms in total. The van der Waals surface area contributed by atoms with Gasteiger partial charge in [0.15, 0.2) is 0 Å². The van der Waals surface area contributed by atoms with Crippen LogP contribution in [0.2, 0.25) is 10.0 Å². The van der Waals surface area contributed by atoms with Crippen molar-refractivity contribution in [2.45, 2.75) is 64.1 Å². The van der Waals surface area contributed by atoms with E-state index in [1.807, 2.05) is 27.7 Å². The molecular weight excluding hydrogens is 625 g/mol. The number of aryl methyl sites for hydroxylation is 1. The van der Waals surface area contributed by atoms with Crippen molar-refractivity contribution >= 4 is 50.7 Å². The van der Waals surface area contributed by atoms with Crippen LogP contribution in [-0.4, -0.2) is 57.5 Å². The number of hydrogen-bond donors (Lipinski definition) is 1. The van der Waals surface area contributed by atoms with Gasteiger partial charge in [0.25, 0.3) is 10.0 Å². The number of nitrogens with zero attached hydrogens (tertiary/aromatic N) is 2. The van der Waals surface area contributed by atoms with E-state index in [0.717, 1.165) is 9.87 Å². The number of hydrogen-bond acceptors (Lipinski definition) is 6. The molecule has 0 unspecified atom stereocenters. The van der Waals surface area contributed by atoms with E-state index in [-0.39, 0.29) is 40.2 Å². The molecule has 0 aromatic heterocycles. The summed E-state index contributed by atoms with van der Waals surface area (Å²) < 4.78 is 40.3. The Balaban J connectivity index is 2.18. The number of nitrogens with one attached hydrogen (secondary N) is 1. The van der Waals surface area contributed by atoms with Gasteiger partial charge in [-0.25, -0.2) is 8.42 Å². The van der Waals surface area contributed by atoms with E-state index in [1.54, 1.807) is 49.4 Å². The third-order valence-electron chi connectivity index (χ3n) is 6.76. The molecule has 0 aliphatic heterocycles. The number of carbonyl (C=O) groups is 2. The molecule has 3 rings (SSSR count). The number of anilines is 1. The number of rotatable bonds is 12. The van der Waals surface area contributed by atoms with Gasteiger partial charge < -0.3 is 19.7 Å². The van der Waals surface area contributed by atoms with Gasteiger partial charge in [-0.05, 0) is 76.1 Å². The summed E-state index contributed by atoms with van der Waals surface area (Å²) in [6, 6.07) is 15.0. The van der Waals surface area contributed by atoms with Gasteiger partial charge in [0.1, 0.15) is 24.1 Å². The standard InChI is InChI=1S/C32H39Cl2N3O6S/c1-8-27(31(39)35-32(3,4)5)36(19-22-11-15-25(33)26(34)17-22)30(38)20-37(28-18-23(42-6)12-16-29(28)43-7)44(40,41)24-13-9-21(2)10-14-24/h9-18,27H,8,19-20H2,1-7H3,(H,35,39)/t27-/m1/s1. The van der Waals surface area contributed by atoms with Crippen molar-refractivity contribution in [2.24, 2.45) is 0 Å². The third kappa shape index (κ3) is 8.58. The Morgan fingerprint density at radius 3 is 2.14 bits per heavy atom. The van der Waals surface area contributed by atoms with E-state index < -0.39 is 34.1 Å². The Hall–Kier alpha value is -3.47. The molecule has 2 amide bonds. The van der Waals surface area contributed by atoms with Gasteiger partial charge in [0.2, 0.25) is 11.8 Å². The molecular formula is C32H39Cl2N3O6S. The zero-order valence-electron chi connectivity index (χ0n) is 26.0. The lowest BCUT2D eigenvalue weighted by Crippen LogP contribution is -2.55. The average Bonchev–Trinajstić information content (AvgIpc) is 2.96. The van der Waals surface area contributed by atoms with E-state index >= 15 is 0 Å². The third-order valence-corrected chi connectivity index (χ3v) is 9.28. The normalized spacial score (nSPS) is 12.3. The molecule has 238 valence electrons. The minimum absolute atomic E-state index is 0.0191. The van der Waals surface area contributed by atoms with Crippen molar-refractivity contribution in [1.82, 2.24) is 10.2 Å². The maximum absolute atomic E-state index is 14.3. The fourth-order valence-corrected chi connectivity index (χ4v) is 6.29. The predicted octanol–water partition coefficient (Wildman–Crippen LogP) is 6.24. The van der Waals surface area contributed by atoms with Crippen molar-refractivity contribution in [3.05, 3.63) is 81.8 Å². The molecule has 1 N–H and O–H groups in total. The first-order chi connectivity index (χ1) is 20.6. The van der Waals surface area contributed by atoms with Crippen LogP contribution < -0.4 is 19.1 Å². The molecule has 0 aliphatic rings. The van der Waals surface area contributed by atoms with E-state index in [2.05, 4.69) is 5.32 Å². The molecule has 0 radical (unpaired) electrons. The number of methoxy groups -OCH3 is 2. The fourth-order valence-electron chi connectivity index (χ4n) is 4.55. The van der Waals surface area contributed by atoms with E-state index in [9.17, 15) is 18.0 Å². The Morgan fingerprint density at radius 2 is 1.59 bits per heavy atom. The minimum Gasteiger partial charge on any atom is -0.497 e. The highest BCUT2D eigenvalue weighted by Crippen LogP contribution is 2.36. The first kappa shape index (κ1) is 35.0. The lowest BCUT2D eigenvalue weighted by atomic mass is 10.1. The first-order valence-electron chi connectivity index (χ1n) is 14.0. The maximum atomic E-state index is 14.3. The molecule has 0 saturated carbocycles. The summed E-state index contributed by atoms with van der Waals surface area (Å²) in [6.45, 7) is 8.49. The van der Waals surface area contributed by atoms with Gasteiger partial charge in [-0.3, -0.25) is 13.9 Å². The number of amides is 2. The maximum Gasteiger partial charge on any atom is 0.264 e. The lowest BCUT2D eigenvalue weighted by Gasteiger charge is -2.35. The SMILES string of the molecule is CC[C@H](C(=O)NC(C)(C)C)N(Cc1ccc(Cl)c(Cl)c1)C(=O)CN(c1cc(OC)ccc1OC)S(=O)(=O)c1ccc(C)cc1. The van der Waals surface area contributed by atoms with Crippen LogP contribution in [0.5, 0.6) is 11.5 Å². The number of ether oxygens (including phenoxy) is 2. The van der Waals surface area contributed by atoms with Gasteiger partial charge in [-0.1, -0.05) is 53.9 Å². The Bertz CT molecular complexity index is 1590. The predicted molar refractivity (Wildman–Crippen MR) is 174 cm³/mol. The summed E-state index contributed by atoms with van der Waals surface area (Å²) in [7, 11) is -1.45. The van der Waals surface area contributed by atoms with Crippen LogP contribution in [0.1, 0.15) is 45.2 Å². The van der Waals surface area contributed by atoms with E-state index in [4.69, 9.17) is 32.7 Å². The number of carbonyl (C=O) groups excluding carboxylic acids is 2. The molecule has 0 heterocycles. The van der Waals surface area contributed by atoms with E-state index in [0.29, 0.717) is 16.3 Å². The molecule has 12 heteroatoms. The topological polar surface area (TPSA) is 105 Å². The molecule has 0 spiro atoms. The summed E-state index contributed by atoms with van der Waals surface area (Å²) in [5, 5.41) is 3.57. The van der Waals surface area contributed by atoms with Crippen molar-refractivity contribution in [3.63, 3.8) is 0 Å². The molecule has 0 fully saturated rings. The summed E-state index contributed by atoms with van der Waals surface area (Å²) in [5.74, 6) is -0.420. The average molecular weight is 665 g/mol. The smallest absolute Gasteiger partial charge is 0.264 e. The molecule has 0 bridgehead atoms. The molecule has 3 aromatic rings. The zero-order chi connectivity index (χ0) is 32.8. The molecule has 3 aromatic carbocycles. The summed E-state index contributed by atoms with van der Waals surface area (Å²) >= 11 is 12.4. The fraction of sp³-hybridized carbons (Fsp3) is 0.375. The minimum atomic E-state index is -4.31. The van der Waals surface area contributed by atoms with Crippen LogP contribution in [-0.2, 0) is 26.2 Å².